The average molecular weight is 502 g/mol. The third kappa shape index (κ3) is 4.55. The Morgan fingerprint density at radius 1 is 1.08 bits per heavy atom. The van der Waals surface area contributed by atoms with Crippen LogP contribution in [0.4, 0.5) is 11.4 Å². The molecule has 10 nitrogen and oxygen atoms in total. The molecule has 1 aromatic carbocycles. The van der Waals surface area contributed by atoms with E-state index < -0.39 is 5.91 Å². The number of ether oxygens (including phenoxy) is 1. The predicted molar refractivity (Wildman–Crippen MR) is 137 cm³/mol. The number of H-pyrrole nitrogens is 1. The van der Waals surface area contributed by atoms with Gasteiger partial charge in [-0.3, -0.25) is 19.4 Å². The van der Waals surface area contributed by atoms with Gasteiger partial charge in [0, 0.05) is 42.1 Å². The Hall–Kier alpha value is -4.18. The zero-order valence-corrected chi connectivity index (χ0v) is 20.2. The van der Waals surface area contributed by atoms with Gasteiger partial charge in [0.05, 0.1) is 6.61 Å². The van der Waals surface area contributed by atoms with E-state index in [0.717, 1.165) is 23.7 Å². The lowest BCUT2D eigenvalue weighted by Gasteiger charge is -2.38. The van der Waals surface area contributed by atoms with Crippen LogP contribution in [0.1, 0.15) is 36.2 Å². The van der Waals surface area contributed by atoms with Gasteiger partial charge in [0.1, 0.15) is 17.8 Å². The topological polar surface area (TPSA) is 130 Å². The van der Waals surface area contributed by atoms with Crippen molar-refractivity contribution >= 4 is 51.1 Å². The predicted octanol–water partition coefficient (Wildman–Crippen LogP) is 3.92. The van der Waals surface area contributed by atoms with Crippen LogP contribution >= 0.6 is 0 Å². The first-order chi connectivity index (χ1) is 18.1. The highest BCUT2D eigenvalue weighted by Gasteiger charge is 2.34. The Morgan fingerprint density at radius 2 is 1.95 bits per heavy atom. The zero-order chi connectivity index (χ0) is 25.4. The molecule has 1 aliphatic carbocycles. The van der Waals surface area contributed by atoms with Crippen LogP contribution in [-0.4, -0.2) is 58.4 Å². The first-order valence-electron chi connectivity index (χ1n) is 12.5. The third-order valence-corrected chi connectivity index (χ3v) is 7.24. The molecule has 2 fully saturated rings. The molecule has 0 spiro atoms. The molecule has 3 N–H and O–H groups in total. The fraction of sp³-hybridized carbons (Fsp3) is 0.333. The van der Waals surface area contributed by atoms with Crippen LogP contribution in [0, 0.1) is 5.92 Å². The van der Waals surface area contributed by atoms with E-state index in [-0.39, 0.29) is 41.8 Å². The summed E-state index contributed by atoms with van der Waals surface area (Å²) in [4.78, 5) is 48.1. The minimum atomic E-state index is -0.478. The normalized spacial score (nSPS) is 20.3. The van der Waals surface area contributed by atoms with Crippen molar-refractivity contribution in [2.75, 3.05) is 30.4 Å². The molecule has 4 heterocycles. The minimum Gasteiger partial charge on any atom is -0.447 e. The first kappa shape index (κ1) is 23.2. The van der Waals surface area contributed by atoms with E-state index >= 15 is 0 Å². The molecular formula is C27H27N5O5. The average Bonchev–Trinajstić information content (AvgIpc) is 3.54. The number of amides is 3. The molecule has 10 heteroatoms. The number of benzene rings is 1. The van der Waals surface area contributed by atoms with Gasteiger partial charge < -0.3 is 29.7 Å². The monoisotopic (exact) mass is 501 g/mol. The Balaban J connectivity index is 1.18. The molecule has 0 radical (unpaired) electrons. The molecule has 2 aliphatic rings. The van der Waals surface area contributed by atoms with Crippen LogP contribution < -0.4 is 10.6 Å². The maximum Gasteiger partial charge on any atom is 0.293 e. The van der Waals surface area contributed by atoms with Crippen molar-refractivity contribution in [1.29, 1.82) is 0 Å². The van der Waals surface area contributed by atoms with Gasteiger partial charge in [0.2, 0.25) is 17.6 Å². The van der Waals surface area contributed by atoms with Crippen molar-refractivity contribution in [3.05, 3.63) is 54.6 Å². The number of carbonyl (C=O) groups is 3. The summed E-state index contributed by atoms with van der Waals surface area (Å²) in [6, 6.07) is 11.1. The van der Waals surface area contributed by atoms with Crippen molar-refractivity contribution in [2.24, 2.45) is 5.92 Å². The largest absolute Gasteiger partial charge is 0.447 e. The van der Waals surface area contributed by atoms with Crippen LogP contribution in [0.5, 0.6) is 0 Å². The molecule has 6 rings (SSSR count). The Bertz CT molecular complexity index is 1480. The highest BCUT2D eigenvalue weighted by Crippen LogP contribution is 2.33. The lowest BCUT2D eigenvalue weighted by Crippen LogP contribution is -2.49. The molecule has 3 amide bonds. The molecule has 1 aliphatic heterocycles. The van der Waals surface area contributed by atoms with Gasteiger partial charge in [-0.15, -0.1) is 0 Å². The Labute approximate surface area is 212 Å². The zero-order valence-electron chi connectivity index (χ0n) is 20.2. The third-order valence-electron chi connectivity index (χ3n) is 7.24. The van der Waals surface area contributed by atoms with E-state index in [1.165, 1.54) is 0 Å². The molecular weight excluding hydrogens is 474 g/mol. The number of rotatable bonds is 5. The Kier molecular flexibility index (Phi) is 6.09. The molecule has 4 aromatic rings. The molecule has 0 unspecified atom stereocenters. The van der Waals surface area contributed by atoms with Gasteiger partial charge in [-0.2, -0.15) is 0 Å². The lowest BCUT2D eigenvalue weighted by molar-refractivity contribution is -0.146. The second-order valence-electron chi connectivity index (χ2n) is 9.52. The van der Waals surface area contributed by atoms with E-state index in [4.69, 9.17) is 9.15 Å². The fourth-order valence-corrected chi connectivity index (χ4v) is 5.31. The number of hydrogen-bond donors (Lipinski definition) is 3. The number of fused-ring (bicyclic) bond motifs is 2. The van der Waals surface area contributed by atoms with E-state index in [9.17, 15) is 14.4 Å². The number of aromatic nitrogens is 2. The summed E-state index contributed by atoms with van der Waals surface area (Å²) in [7, 11) is 0. The SMILES string of the molecule is O=C(Nc1ccc2cc[nH]c2c1)c1oc2cccnc2c1NC(=O)[C@H]1CC[C@H](N2CCOCC2=O)CC1. The number of nitrogens with one attached hydrogen (secondary N) is 3. The maximum absolute atomic E-state index is 13.3. The number of nitrogens with zero attached hydrogens (tertiary/aromatic N) is 2. The molecule has 190 valence electrons. The van der Waals surface area contributed by atoms with Crippen LogP contribution in [0.2, 0.25) is 0 Å². The minimum absolute atomic E-state index is 0.00114. The lowest BCUT2D eigenvalue weighted by atomic mass is 9.84. The van der Waals surface area contributed by atoms with Crippen molar-refractivity contribution in [1.82, 2.24) is 14.9 Å². The number of carbonyl (C=O) groups excluding carboxylic acids is 3. The smallest absolute Gasteiger partial charge is 0.293 e. The van der Waals surface area contributed by atoms with Crippen LogP contribution in [0.15, 0.2) is 53.2 Å². The number of furan rings is 1. The summed E-state index contributed by atoms with van der Waals surface area (Å²) in [6.45, 7) is 1.28. The number of morpholine rings is 1. The van der Waals surface area contributed by atoms with E-state index in [0.29, 0.717) is 42.8 Å². The van der Waals surface area contributed by atoms with Gasteiger partial charge in [-0.05, 0) is 61.4 Å². The van der Waals surface area contributed by atoms with Crippen LogP contribution in [0.3, 0.4) is 0 Å². The highest BCUT2D eigenvalue weighted by atomic mass is 16.5. The second-order valence-corrected chi connectivity index (χ2v) is 9.52. The van der Waals surface area contributed by atoms with Gasteiger partial charge in [0.15, 0.2) is 5.58 Å². The first-order valence-corrected chi connectivity index (χ1v) is 12.5. The van der Waals surface area contributed by atoms with E-state index in [2.05, 4.69) is 20.6 Å². The maximum atomic E-state index is 13.3. The molecule has 1 saturated heterocycles. The van der Waals surface area contributed by atoms with Crippen molar-refractivity contribution in [3.8, 4) is 0 Å². The van der Waals surface area contributed by atoms with Crippen LogP contribution in [0.25, 0.3) is 22.0 Å². The summed E-state index contributed by atoms with van der Waals surface area (Å²) < 4.78 is 11.1. The van der Waals surface area contributed by atoms with Gasteiger partial charge in [0.25, 0.3) is 5.91 Å². The van der Waals surface area contributed by atoms with Gasteiger partial charge in [-0.1, -0.05) is 6.07 Å². The summed E-state index contributed by atoms with van der Waals surface area (Å²) in [5.41, 5.74) is 2.60. The number of aromatic amines is 1. The molecule has 0 bridgehead atoms. The quantitative estimate of drug-likeness (QED) is 0.380. The van der Waals surface area contributed by atoms with Crippen molar-refractivity contribution < 1.29 is 23.5 Å². The summed E-state index contributed by atoms with van der Waals surface area (Å²) in [6.07, 6.45) is 6.25. The van der Waals surface area contributed by atoms with Gasteiger partial charge >= 0.3 is 0 Å². The molecule has 3 aromatic heterocycles. The summed E-state index contributed by atoms with van der Waals surface area (Å²) in [5.74, 6) is -0.870. The molecule has 37 heavy (non-hydrogen) atoms. The van der Waals surface area contributed by atoms with Gasteiger partial charge in [-0.25, -0.2) is 0 Å². The number of hydrogen-bond acceptors (Lipinski definition) is 6. The van der Waals surface area contributed by atoms with Crippen molar-refractivity contribution in [2.45, 2.75) is 31.7 Å². The second kappa shape index (κ2) is 9.70. The van der Waals surface area contributed by atoms with E-state index in [1.54, 1.807) is 18.3 Å². The summed E-state index contributed by atoms with van der Waals surface area (Å²) in [5, 5.41) is 6.83. The highest BCUT2D eigenvalue weighted by molar-refractivity contribution is 6.14. The molecule has 1 saturated carbocycles. The number of pyridine rings is 1. The fourth-order valence-electron chi connectivity index (χ4n) is 5.31. The molecule has 0 atom stereocenters. The Morgan fingerprint density at radius 3 is 2.78 bits per heavy atom. The van der Waals surface area contributed by atoms with Crippen molar-refractivity contribution in [3.63, 3.8) is 0 Å². The number of anilines is 2. The van der Waals surface area contributed by atoms with Crippen LogP contribution in [-0.2, 0) is 14.3 Å². The standard InChI is InChI=1S/C27H27N5O5/c33-22-15-36-13-12-32(22)19-7-4-17(5-8-19)26(34)31-24-23-21(2-1-10-29-23)37-25(24)27(35)30-18-6-3-16-9-11-28-20(16)14-18/h1-3,6,9-11,14,17,19,28H,4-5,7-8,12-13,15H2,(H,30,35)(H,31,34)/t17-,19-. The summed E-state index contributed by atoms with van der Waals surface area (Å²) >= 11 is 0. The van der Waals surface area contributed by atoms with E-state index in [1.807, 2.05) is 35.4 Å².